The van der Waals surface area contributed by atoms with Gasteiger partial charge >= 0.3 is 0 Å². The van der Waals surface area contributed by atoms with E-state index in [2.05, 4.69) is 108 Å². The molecule has 0 aromatic heterocycles. The van der Waals surface area contributed by atoms with Crippen LogP contribution in [0.4, 0.5) is 5.69 Å². The molecule has 0 amide bonds. The van der Waals surface area contributed by atoms with Crippen molar-refractivity contribution in [3.8, 4) is 11.1 Å². The van der Waals surface area contributed by atoms with Gasteiger partial charge in [0, 0.05) is 35.6 Å². The zero-order chi connectivity index (χ0) is 27.1. The molecule has 4 heteroatoms. The van der Waals surface area contributed by atoms with Gasteiger partial charge < -0.3 is 16.4 Å². The first kappa shape index (κ1) is 25.2. The number of allylic oxidation sites excluding steroid dienone is 4. The molecule has 0 fully saturated rings. The first-order valence-electron chi connectivity index (χ1n) is 13.7. The molecule has 40 heavy (non-hydrogen) atoms. The third-order valence-corrected chi connectivity index (χ3v) is 7.15. The zero-order valence-electron chi connectivity index (χ0n) is 22.3. The summed E-state index contributed by atoms with van der Waals surface area (Å²) in [7, 11) is 0. The maximum atomic E-state index is 6.59. The van der Waals surface area contributed by atoms with Crippen molar-refractivity contribution in [2.45, 2.75) is 6.54 Å². The number of dihydropyridines is 2. The summed E-state index contributed by atoms with van der Waals surface area (Å²) in [5, 5.41) is 6.76. The van der Waals surface area contributed by atoms with Crippen LogP contribution in [0, 0.1) is 0 Å². The predicted octanol–water partition coefficient (Wildman–Crippen LogP) is 6.97. The fourth-order valence-corrected chi connectivity index (χ4v) is 5.10. The average Bonchev–Trinajstić information content (AvgIpc) is 3.03. The lowest BCUT2D eigenvalue weighted by molar-refractivity contribution is 0.974. The SMILES string of the molecule is Nc1ccc(-c2ccccc2)cc1/C(=N\Cc1cc(C2=CCNC=C2)cc(C2=CC=CCN2)c1)c1ccccc1. The Morgan fingerprint density at radius 3 is 2.33 bits per heavy atom. The van der Waals surface area contributed by atoms with Gasteiger partial charge in [-0.25, -0.2) is 0 Å². The molecular weight excluding hydrogens is 488 g/mol. The van der Waals surface area contributed by atoms with E-state index in [0.29, 0.717) is 12.2 Å². The zero-order valence-corrected chi connectivity index (χ0v) is 22.3. The van der Waals surface area contributed by atoms with Gasteiger partial charge in [0.15, 0.2) is 0 Å². The number of nitrogens with one attached hydrogen (secondary N) is 2. The summed E-state index contributed by atoms with van der Waals surface area (Å²) >= 11 is 0. The van der Waals surface area contributed by atoms with Crippen LogP contribution in [0.2, 0.25) is 0 Å². The van der Waals surface area contributed by atoms with E-state index in [4.69, 9.17) is 10.7 Å². The summed E-state index contributed by atoms with van der Waals surface area (Å²) in [5.74, 6) is 0. The van der Waals surface area contributed by atoms with E-state index in [1.807, 2.05) is 36.5 Å². The molecule has 2 aliphatic rings. The minimum atomic E-state index is 0.526. The largest absolute Gasteiger partial charge is 0.398 e. The number of hydrogen-bond acceptors (Lipinski definition) is 4. The maximum Gasteiger partial charge on any atom is 0.0743 e. The van der Waals surface area contributed by atoms with E-state index in [9.17, 15) is 0 Å². The Hall–Kier alpha value is -5.09. The smallest absolute Gasteiger partial charge is 0.0743 e. The minimum absolute atomic E-state index is 0.526. The van der Waals surface area contributed by atoms with Crippen LogP contribution in [0.25, 0.3) is 22.4 Å². The van der Waals surface area contributed by atoms with Crippen LogP contribution in [-0.2, 0) is 6.54 Å². The number of rotatable bonds is 7. The second-order valence-electron chi connectivity index (χ2n) is 9.91. The molecule has 0 radical (unpaired) electrons. The van der Waals surface area contributed by atoms with E-state index in [-0.39, 0.29) is 0 Å². The molecule has 0 atom stereocenters. The van der Waals surface area contributed by atoms with E-state index in [1.54, 1.807) is 0 Å². The van der Waals surface area contributed by atoms with E-state index in [1.165, 1.54) is 11.1 Å². The highest BCUT2D eigenvalue weighted by Crippen LogP contribution is 2.28. The lowest BCUT2D eigenvalue weighted by atomic mass is 9.95. The lowest BCUT2D eigenvalue weighted by Gasteiger charge is -2.17. The van der Waals surface area contributed by atoms with Gasteiger partial charge in [-0.2, -0.15) is 0 Å². The molecule has 4 N–H and O–H groups in total. The van der Waals surface area contributed by atoms with E-state index in [0.717, 1.165) is 57.9 Å². The molecule has 0 saturated heterocycles. The van der Waals surface area contributed by atoms with Crippen molar-refractivity contribution in [3.05, 3.63) is 161 Å². The summed E-state index contributed by atoms with van der Waals surface area (Å²) in [5.41, 5.74) is 18.3. The van der Waals surface area contributed by atoms with Gasteiger partial charge in [-0.3, -0.25) is 4.99 Å². The molecule has 0 spiro atoms. The van der Waals surface area contributed by atoms with Crippen LogP contribution < -0.4 is 16.4 Å². The van der Waals surface area contributed by atoms with Gasteiger partial charge in [-0.05, 0) is 82.1 Å². The highest BCUT2D eigenvalue weighted by molar-refractivity contribution is 6.16. The second-order valence-corrected chi connectivity index (χ2v) is 9.91. The van der Waals surface area contributed by atoms with Gasteiger partial charge in [0.05, 0.1) is 12.3 Å². The molecule has 4 nitrogen and oxygen atoms in total. The summed E-state index contributed by atoms with van der Waals surface area (Å²) < 4.78 is 0. The van der Waals surface area contributed by atoms with Crippen molar-refractivity contribution in [3.63, 3.8) is 0 Å². The summed E-state index contributed by atoms with van der Waals surface area (Å²) in [6, 6.07) is 33.7. The van der Waals surface area contributed by atoms with Crippen LogP contribution in [0.3, 0.4) is 0 Å². The van der Waals surface area contributed by atoms with E-state index >= 15 is 0 Å². The molecule has 6 rings (SSSR count). The maximum absolute atomic E-state index is 6.59. The monoisotopic (exact) mass is 520 g/mol. The van der Waals surface area contributed by atoms with Gasteiger partial charge in [0.2, 0.25) is 0 Å². The van der Waals surface area contributed by atoms with Gasteiger partial charge in [-0.1, -0.05) is 85.0 Å². The molecule has 2 aliphatic heterocycles. The van der Waals surface area contributed by atoms with Crippen LogP contribution in [0.15, 0.2) is 139 Å². The number of nitrogens with two attached hydrogens (primary N) is 1. The van der Waals surface area contributed by atoms with Crippen LogP contribution in [0.1, 0.15) is 27.8 Å². The summed E-state index contributed by atoms with van der Waals surface area (Å²) in [6.07, 6.45) is 12.7. The third-order valence-electron chi connectivity index (χ3n) is 7.15. The van der Waals surface area contributed by atoms with Crippen molar-refractivity contribution in [1.82, 2.24) is 10.6 Å². The molecule has 4 aromatic carbocycles. The predicted molar refractivity (Wildman–Crippen MR) is 169 cm³/mol. The van der Waals surface area contributed by atoms with Gasteiger partial charge in [-0.15, -0.1) is 0 Å². The molecule has 0 aliphatic carbocycles. The summed E-state index contributed by atoms with van der Waals surface area (Å²) in [4.78, 5) is 5.24. The van der Waals surface area contributed by atoms with Crippen molar-refractivity contribution >= 4 is 22.7 Å². The first-order chi connectivity index (χ1) is 19.7. The number of benzene rings is 4. The van der Waals surface area contributed by atoms with Crippen LogP contribution >= 0.6 is 0 Å². The average molecular weight is 521 g/mol. The highest BCUT2D eigenvalue weighted by Gasteiger charge is 2.14. The Bertz CT molecular complexity index is 1660. The molecule has 196 valence electrons. The van der Waals surface area contributed by atoms with Gasteiger partial charge in [0.25, 0.3) is 0 Å². The van der Waals surface area contributed by atoms with Crippen molar-refractivity contribution < 1.29 is 0 Å². The van der Waals surface area contributed by atoms with E-state index < -0.39 is 0 Å². The third kappa shape index (κ3) is 5.67. The van der Waals surface area contributed by atoms with Crippen molar-refractivity contribution in [2.24, 2.45) is 4.99 Å². The normalized spacial score (nSPS) is 14.7. The Kier molecular flexibility index (Phi) is 7.40. The molecule has 0 bridgehead atoms. The highest BCUT2D eigenvalue weighted by atomic mass is 14.9. The number of aliphatic imine (C=N–C) groups is 1. The molecular formula is C36H32N4. The Balaban J connectivity index is 1.44. The number of nitrogens with zero attached hydrogens (tertiary/aromatic N) is 1. The standard InChI is InChI=1S/C36H32N4/c37-34-15-14-30(27-9-3-1-4-10-27)24-33(34)36(29-11-5-2-6-12-29)40-25-26-21-31(28-16-19-38-20-17-28)23-32(22-26)35-13-7-8-18-39-35/h1-17,19,21-24,38-39H,18,20,25,37H2/b40-36-. The second kappa shape index (κ2) is 11.7. The topological polar surface area (TPSA) is 62.4 Å². The minimum Gasteiger partial charge on any atom is -0.398 e. The molecule has 4 aromatic rings. The molecule has 2 heterocycles. The first-order valence-corrected chi connectivity index (χ1v) is 13.7. The molecule has 0 unspecified atom stereocenters. The number of nitrogen functional groups attached to an aromatic ring is 1. The number of anilines is 1. The number of hydrogen-bond donors (Lipinski definition) is 3. The Morgan fingerprint density at radius 1 is 0.775 bits per heavy atom. The quantitative estimate of drug-likeness (QED) is 0.182. The van der Waals surface area contributed by atoms with Crippen molar-refractivity contribution in [1.29, 1.82) is 0 Å². The summed E-state index contributed by atoms with van der Waals surface area (Å²) in [6.45, 7) is 2.17. The Morgan fingerprint density at radius 2 is 1.57 bits per heavy atom. The van der Waals surface area contributed by atoms with Crippen molar-refractivity contribution in [2.75, 3.05) is 18.8 Å². The lowest BCUT2D eigenvalue weighted by Crippen LogP contribution is -2.15. The van der Waals surface area contributed by atoms with Gasteiger partial charge in [0.1, 0.15) is 0 Å². The fraction of sp³-hybridized carbons (Fsp3) is 0.0833. The Labute approximate surface area is 236 Å². The fourth-order valence-electron chi connectivity index (χ4n) is 5.10. The van der Waals surface area contributed by atoms with Crippen LogP contribution in [-0.4, -0.2) is 18.8 Å². The van der Waals surface area contributed by atoms with Crippen LogP contribution in [0.5, 0.6) is 0 Å². The molecule has 0 saturated carbocycles.